The second-order valence-electron chi connectivity index (χ2n) is 1.86. The molecule has 0 heterocycles. The van der Waals surface area contributed by atoms with E-state index in [-0.39, 0.29) is 6.42 Å². The average molecular weight is 127 g/mol. The monoisotopic (exact) mass is 127 g/mol. The SMILES string of the molecule is CC(=N)CCC(=O)C=O. The summed E-state index contributed by atoms with van der Waals surface area (Å²) in [6, 6.07) is 0. The predicted molar refractivity (Wildman–Crippen MR) is 33.7 cm³/mol. The lowest BCUT2D eigenvalue weighted by atomic mass is 10.2. The summed E-state index contributed by atoms with van der Waals surface area (Å²) in [5, 5.41) is 6.89. The van der Waals surface area contributed by atoms with Gasteiger partial charge in [-0.05, 0) is 13.3 Å². The van der Waals surface area contributed by atoms with Crippen LogP contribution in [0.1, 0.15) is 19.8 Å². The molecule has 0 spiro atoms. The molecule has 0 unspecified atom stereocenters. The van der Waals surface area contributed by atoms with Gasteiger partial charge < -0.3 is 5.41 Å². The summed E-state index contributed by atoms with van der Waals surface area (Å²) in [5.41, 5.74) is 0.435. The molecular formula is C6H9NO2. The molecule has 1 N–H and O–H groups in total. The first-order valence-electron chi connectivity index (χ1n) is 2.69. The number of ketones is 1. The number of Topliss-reactive ketones (excluding diaryl/α,β-unsaturated/α-hetero) is 1. The number of aldehydes is 1. The molecule has 0 amide bonds. The molecule has 0 aromatic rings. The van der Waals surface area contributed by atoms with E-state index in [9.17, 15) is 9.59 Å². The lowest BCUT2D eigenvalue weighted by Gasteiger charge is -1.89. The van der Waals surface area contributed by atoms with Crippen molar-refractivity contribution < 1.29 is 9.59 Å². The average Bonchev–Trinajstić information content (AvgIpc) is 1.83. The first-order chi connectivity index (χ1) is 4.16. The summed E-state index contributed by atoms with van der Waals surface area (Å²) >= 11 is 0. The topological polar surface area (TPSA) is 58.0 Å². The molecule has 0 aliphatic heterocycles. The van der Waals surface area contributed by atoms with E-state index in [0.717, 1.165) is 0 Å². The number of carbonyl (C=O) groups excluding carboxylic acids is 2. The standard InChI is InChI=1S/C6H9NO2/c1-5(7)2-3-6(9)4-8/h4,7H,2-3H2,1H3. The van der Waals surface area contributed by atoms with Crippen LogP contribution >= 0.6 is 0 Å². The van der Waals surface area contributed by atoms with Crippen LogP contribution < -0.4 is 0 Å². The van der Waals surface area contributed by atoms with Crippen molar-refractivity contribution in [3.63, 3.8) is 0 Å². The van der Waals surface area contributed by atoms with Crippen LogP contribution in [-0.2, 0) is 9.59 Å². The Labute approximate surface area is 53.6 Å². The van der Waals surface area contributed by atoms with Crippen molar-refractivity contribution in [2.24, 2.45) is 0 Å². The van der Waals surface area contributed by atoms with E-state index in [1.165, 1.54) is 0 Å². The fourth-order valence-corrected chi connectivity index (χ4v) is 0.370. The minimum Gasteiger partial charge on any atom is -0.310 e. The minimum absolute atomic E-state index is 0.179. The van der Waals surface area contributed by atoms with Gasteiger partial charge in [-0.2, -0.15) is 0 Å². The Balaban J connectivity index is 3.39. The summed E-state index contributed by atoms with van der Waals surface area (Å²) in [6.45, 7) is 1.61. The summed E-state index contributed by atoms with van der Waals surface area (Å²) < 4.78 is 0. The van der Waals surface area contributed by atoms with Gasteiger partial charge in [-0.15, -0.1) is 0 Å². The van der Waals surface area contributed by atoms with E-state index in [2.05, 4.69) is 0 Å². The first kappa shape index (κ1) is 8.01. The normalized spacial score (nSPS) is 8.56. The molecule has 0 bridgehead atoms. The Morgan fingerprint density at radius 1 is 1.56 bits per heavy atom. The van der Waals surface area contributed by atoms with Gasteiger partial charge in [-0.3, -0.25) is 9.59 Å². The number of hydrogen-bond acceptors (Lipinski definition) is 3. The highest BCUT2D eigenvalue weighted by Gasteiger charge is 1.97. The van der Waals surface area contributed by atoms with Gasteiger partial charge >= 0.3 is 0 Å². The predicted octanol–water partition coefficient (Wildman–Crippen LogP) is 0.574. The van der Waals surface area contributed by atoms with Crippen LogP contribution in [0, 0.1) is 5.41 Å². The van der Waals surface area contributed by atoms with Crippen LogP contribution in [0.4, 0.5) is 0 Å². The highest BCUT2D eigenvalue weighted by Crippen LogP contribution is 1.89. The molecule has 0 aliphatic rings. The Bertz CT molecular complexity index is 140. The van der Waals surface area contributed by atoms with E-state index in [1.54, 1.807) is 6.92 Å². The summed E-state index contributed by atoms with van der Waals surface area (Å²) in [6.07, 6.45) is 0.874. The molecule has 0 fully saturated rings. The summed E-state index contributed by atoms with van der Waals surface area (Å²) in [5.74, 6) is -0.429. The van der Waals surface area contributed by atoms with Gasteiger partial charge in [0.05, 0.1) is 0 Å². The Morgan fingerprint density at radius 3 is 2.44 bits per heavy atom. The van der Waals surface area contributed by atoms with Crippen LogP contribution in [-0.4, -0.2) is 17.8 Å². The second-order valence-corrected chi connectivity index (χ2v) is 1.86. The highest BCUT2D eigenvalue weighted by molar-refractivity contribution is 6.25. The highest BCUT2D eigenvalue weighted by atomic mass is 16.2. The van der Waals surface area contributed by atoms with Gasteiger partial charge in [-0.1, -0.05) is 0 Å². The largest absolute Gasteiger partial charge is 0.310 e. The van der Waals surface area contributed by atoms with Gasteiger partial charge in [0.15, 0.2) is 12.1 Å². The molecule has 0 atom stereocenters. The molecule has 3 nitrogen and oxygen atoms in total. The molecule has 0 saturated carbocycles. The molecule has 0 radical (unpaired) electrons. The quantitative estimate of drug-likeness (QED) is 0.341. The van der Waals surface area contributed by atoms with Crippen molar-refractivity contribution in [2.75, 3.05) is 0 Å². The van der Waals surface area contributed by atoms with Gasteiger partial charge in [0.25, 0.3) is 0 Å². The lowest BCUT2D eigenvalue weighted by molar-refractivity contribution is -0.129. The van der Waals surface area contributed by atoms with Gasteiger partial charge in [0.2, 0.25) is 0 Å². The maximum Gasteiger partial charge on any atom is 0.195 e. The third kappa shape index (κ3) is 4.87. The van der Waals surface area contributed by atoms with E-state index in [0.29, 0.717) is 18.4 Å². The van der Waals surface area contributed by atoms with Gasteiger partial charge in [0, 0.05) is 12.1 Å². The molecule has 50 valence electrons. The second kappa shape index (κ2) is 3.95. The van der Waals surface area contributed by atoms with Crippen LogP contribution in [0.2, 0.25) is 0 Å². The van der Waals surface area contributed by atoms with Gasteiger partial charge in [0.1, 0.15) is 0 Å². The Hall–Kier alpha value is -0.990. The summed E-state index contributed by atoms with van der Waals surface area (Å²) in [4.78, 5) is 19.9. The maximum absolute atomic E-state index is 10.3. The molecule has 3 heteroatoms. The minimum atomic E-state index is -0.429. The third-order valence-corrected chi connectivity index (χ3v) is 0.878. The zero-order valence-electron chi connectivity index (χ0n) is 5.31. The molecule has 0 rings (SSSR count). The maximum atomic E-state index is 10.3. The fraction of sp³-hybridized carbons (Fsp3) is 0.500. The third-order valence-electron chi connectivity index (χ3n) is 0.878. The summed E-state index contributed by atoms with van der Waals surface area (Å²) in [7, 11) is 0. The van der Waals surface area contributed by atoms with Crippen molar-refractivity contribution >= 4 is 17.8 Å². The number of carbonyl (C=O) groups is 2. The lowest BCUT2D eigenvalue weighted by Crippen LogP contribution is -2.00. The van der Waals surface area contributed by atoms with Crippen LogP contribution in [0.3, 0.4) is 0 Å². The molecule has 0 saturated heterocycles. The van der Waals surface area contributed by atoms with Crippen LogP contribution in [0.25, 0.3) is 0 Å². The molecule has 0 aromatic carbocycles. The van der Waals surface area contributed by atoms with Crippen LogP contribution in [0.15, 0.2) is 0 Å². The zero-order valence-corrected chi connectivity index (χ0v) is 5.31. The van der Waals surface area contributed by atoms with E-state index in [1.807, 2.05) is 0 Å². The Kier molecular flexibility index (Phi) is 3.51. The molecular weight excluding hydrogens is 118 g/mol. The van der Waals surface area contributed by atoms with E-state index >= 15 is 0 Å². The van der Waals surface area contributed by atoms with Gasteiger partial charge in [-0.25, -0.2) is 0 Å². The van der Waals surface area contributed by atoms with Crippen molar-refractivity contribution in [2.45, 2.75) is 19.8 Å². The number of rotatable bonds is 4. The molecule has 9 heavy (non-hydrogen) atoms. The van der Waals surface area contributed by atoms with Crippen molar-refractivity contribution in [1.82, 2.24) is 0 Å². The first-order valence-corrected chi connectivity index (χ1v) is 2.69. The van der Waals surface area contributed by atoms with E-state index in [4.69, 9.17) is 5.41 Å². The molecule has 0 aromatic heterocycles. The number of hydrogen-bond donors (Lipinski definition) is 1. The number of nitrogens with one attached hydrogen (secondary N) is 1. The zero-order chi connectivity index (χ0) is 7.28. The van der Waals surface area contributed by atoms with Crippen molar-refractivity contribution in [1.29, 1.82) is 5.41 Å². The Morgan fingerprint density at radius 2 is 2.11 bits per heavy atom. The fourth-order valence-electron chi connectivity index (χ4n) is 0.370. The van der Waals surface area contributed by atoms with Crippen molar-refractivity contribution in [3.8, 4) is 0 Å². The van der Waals surface area contributed by atoms with Crippen molar-refractivity contribution in [3.05, 3.63) is 0 Å². The molecule has 0 aliphatic carbocycles. The van der Waals surface area contributed by atoms with Crippen LogP contribution in [0.5, 0.6) is 0 Å². The van der Waals surface area contributed by atoms with E-state index < -0.39 is 5.78 Å². The smallest absolute Gasteiger partial charge is 0.195 e.